The lowest BCUT2D eigenvalue weighted by molar-refractivity contribution is 0.0940. The summed E-state index contributed by atoms with van der Waals surface area (Å²) in [6, 6.07) is 20.1. The third-order valence-electron chi connectivity index (χ3n) is 6.68. The molecule has 0 fully saturated rings. The van der Waals surface area contributed by atoms with E-state index in [1.165, 1.54) is 6.20 Å². The molecule has 1 atom stereocenters. The second kappa shape index (κ2) is 10.3. The van der Waals surface area contributed by atoms with Gasteiger partial charge in [-0.05, 0) is 48.7 Å². The smallest absolute Gasteiger partial charge is 0.264 e. The summed E-state index contributed by atoms with van der Waals surface area (Å²) in [5, 5.41) is 9.23. The predicted octanol–water partition coefficient (Wildman–Crippen LogP) is 4.56. The Labute approximate surface area is 230 Å². The molecule has 0 spiro atoms. The molecular weight excluding hydrogens is 500 g/mol. The average molecular weight is 525 g/mol. The number of pyridine rings is 3. The molecule has 0 radical (unpaired) electrons. The molecule has 194 valence electrons. The summed E-state index contributed by atoms with van der Waals surface area (Å²) in [6.07, 6.45) is 8.34. The van der Waals surface area contributed by atoms with Gasteiger partial charge in [-0.2, -0.15) is 5.10 Å². The van der Waals surface area contributed by atoms with Gasteiger partial charge in [0.15, 0.2) is 0 Å². The van der Waals surface area contributed by atoms with Crippen molar-refractivity contribution in [3.8, 4) is 17.5 Å². The molecule has 0 aliphatic rings. The first-order chi connectivity index (χ1) is 19.5. The average Bonchev–Trinajstić information content (AvgIpc) is 3.40. The van der Waals surface area contributed by atoms with E-state index in [2.05, 4.69) is 32.2 Å². The molecule has 8 heteroatoms. The molecule has 0 aliphatic heterocycles. The van der Waals surface area contributed by atoms with Gasteiger partial charge >= 0.3 is 0 Å². The quantitative estimate of drug-likeness (QED) is 0.341. The zero-order valence-electron chi connectivity index (χ0n) is 21.9. The van der Waals surface area contributed by atoms with E-state index in [4.69, 9.17) is 0 Å². The number of hydrogen-bond donors (Lipinski definition) is 1. The molecule has 0 saturated carbocycles. The molecule has 6 rings (SSSR count). The van der Waals surface area contributed by atoms with E-state index < -0.39 is 6.04 Å². The molecule has 2 aromatic carbocycles. The first-order valence-corrected chi connectivity index (χ1v) is 12.7. The number of amides is 1. The highest BCUT2D eigenvalue weighted by molar-refractivity contribution is 6.05. The highest BCUT2D eigenvalue weighted by Gasteiger charge is 2.21. The van der Waals surface area contributed by atoms with Crippen LogP contribution in [0.3, 0.4) is 0 Å². The maximum Gasteiger partial charge on any atom is 0.264 e. The fraction of sp³-hybridized carbons (Fsp3) is 0.0938. The molecule has 0 saturated heterocycles. The molecular formula is C32H24N6O2. The number of nitrogens with one attached hydrogen (secondary N) is 1. The van der Waals surface area contributed by atoms with E-state index in [-0.39, 0.29) is 11.5 Å². The second-order valence-corrected chi connectivity index (χ2v) is 9.43. The zero-order chi connectivity index (χ0) is 27.6. The van der Waals surface area contributed by atoms with Gasteiger partial charge in [0.1, 0.15) is 0 Å². The fourth-order valence-corrected chi connectivity index (χ4v) is 4.79. The Morgan fingerprint density at radius 2 is 1.77 bits per heavy atom. The first-order valence-electron chi connectivity index (χ1n) is 12.7. The van der Waals surface area contributed by atoms with E-state index in [1.54, 1.807) is 33.9 Å². The van der Waals surface area contributed by atoms with Gasteiger partial charge in [-0.1, -0.05) is 42.2 Å². The number of hydrogen-bond acceptors (Lipinski definition) is 5. The lowest BCUT2D eigenvalue weighted by atomic mass is 10.0. The van der Waals surface area contributed by atoms with Crippen LogP contribution in [-0.2, 0) is 7.05 Å². The van der Waals surface area contributed by atoms with E-state index in [0.717, 1.165) is 16.3 Å². The number of para-hydroxylation sites is 1. The summed E-state index contributed by atoms with van der Waals surface area (Å²) in [6.45, 7) is 1.86. The van der Waals surface area contributed by atoms with Crippen LogP contribution in [0.25, 0.3) is 27.4 Å². The van der Waals surface area contributed by atoms with Crippen molar-refractivity contribution in [1.82, 2.24) is 29.6 Å². The molecule has 0 aliphatic carbocycles. The molecule has 8 nitrogen and oxygen atoms in total. The zero-order valence-corrected chi connectivity index (χ0v) is 21.9. The highest BCUT2D eigenvalue weighted by Crippen LogP contribution is 2.24. The van der Waals surface area contributed by atoms with Crippen LogP contribution in [-0.4, -0.2) is 30.2 Å². The van der Waals surface area contributed by atoms with Crippen molar-refractivity contribution in [3.63, 3.8) is 0 Å². The second-order valence-electron chi connectivity index (χ2n) is 9.43. The number of carbonyl (C=O) groups excluding carboxylic acids is 1. The predicted molar refractivity (Wildman–Crippen MR) is 154 cm³/mol. The Bertz CT molecular complexity index is 2010. The van der Waals surface area contributed by atoms with Crippen molar-refractivity contribution in [2.24, 2.45) is 7.05 Å². The largest absolute Gasteiger partial charge is 0.344 e. The van der Waals surface area contributed by atoms with E-state index >= 15 is 0 Å². The van der Waals surface area contributed by atoms with Crippen LogP contribution in [0.2, 0.25) is 0 Å². The van der Waals surface area contributed by atoms with Gasteiger partial charge in [-0.15, -0.1) is 0 Å². The minimum Gasteiger partial charge on any atom is -0.344 e. The molecule has 4 heterocycles. The number of aryl methyl sites for hydroxylation is 1. The van der Waals surface area contributed by atoms with Crippen molar-refractivity contribution in [2.75, 3.05) is 0 Å². The Hall–Kier alpha value is -5.55. The van der Waals surface area contributed by atoms with E-state index in [1.807, 2.05) is 80.8 Å². The number of carbonyl (C=O) groups is 1. The van der Waals surface area contributed by atoms with Crippen LogP contribution in [0.5, 0.6) is 0 Å². The van der Waals surface area contributed by atoms with Crippen LogP contribution < -0.4 is 10.9 Å². The number of nitrogens with zero attached hydrogens (tertiary/aromatic N) is 5. The third kappa shape index (κ3) is 4.61. The topological polar surface area (TPSA) is 94.7 Å². The number of fused-ring (bicyclic) bond motifs is 2. The van der Waals surface area contributed by atoms with Crippen LogP contribution in [0, 0.1) is 11.8 Å². The van der Waals surface area contributed by atoms with E-state index in [9.17, 15) is 9.59 Å². The van der Waals surface area contributed by atoms with Crippen molar-refractivity contribution in [3.05, 3.63) is 130 Å². The van der Waals surface area contributed by atoms with Crippen molar-refractivity contribution < 1.29 is 4.79 Å². The molecule has 6 aromatic rings. The van der Waals surface area contributed by atoms with Gasteiger partial charge in [-0.25, -0.2) is 0 Å². The molecule has 1 N–H and O–H groups in total. The highest BCUT2D eigenvalue weighted by atomic mass is 16.2. The standard InChI is InChI=1S/C32H24N6O2/c1-21(36-31(39)27-19-33-18-25-10-7-15-34-30(25)27)28-16-24-9-6-8-23(14-13-22-17-35-37(2)20-22)29(24)32(40)38(28)26-11-4-3-5-12-26/h3-12,15-21H,1-2H3,(H,36,39). The summed E-state index contributed by atoms with van der Waals surface area (Å²) in [4.78, 5) is 36.2. The van der Waals surface area contributed by atoms with Gasteiger partial charge in [0.05, 0.1) is 34.3 Å². The normalized spacial score (nSPS) is 11.7. The summed E-state index contributed by atoms with van der Waals surface area (Å²) >= 11 is 0. The number of benzene rings is 2. The van der Waals surface area contributed by atoms with Crippen LogP contribution in [0.15, 0.2) is 103 Å². The van der Waals surface area contributed by atoms with Crippen LogP contribution >= 0.6 is 0 Å². The minimum absolute atomic E-state index is 0.218. The van der Waals surface area contributed by atoms with Crippen molar-refractivity contribution in [1.29, 1.82) is 0 Å². The third-order valence-corrected chi connectivity index (χ3v) is 6.68. The minimum atomic E-state index is -0.520. The SMILES string of the molecule is CC(NC(=O)c1cncc2cccnc12)c1cc2cccc(C#Cc3cnn(C)c3)c2c(=O)n1-c1ccccc1. The van der Waals surface area contributed by atoms with Crippen molar-refractivity contribution in [2.45, 2.75) is 13.0 Å². The fourth-order valence-electron chi connectivity index (χ4n) is 4.79. The Morgan fingerprint density at radius 3 is 2.58 bits per heavy atom. The molecule has 1 unspecified atom stereocenters. The summed E-state index contributed by atoms with van der Waals surface area (Å²) in [5.74, 6) is 5.94. The van der Waals surface area contributed by atoms with Crippen molar-refractivity contribution >= 4 is 27.6 Å². The van der Waals surface area contributed by atoms with Gasteiger partial charge < -0.3 is 5.32 Å². The maximum atomic E-state index is 14.2. The monoisotopic (exact) mass is 524 g/mol. The van der Waals surface area contributed by atoms with Crippen LogP contribution in [0.1, 0.15) is 40.1 Å². The summed E-state index contributed by atoms with van der Waals surface area (Å²) < 4.78 is 3.32. The summed E-state index contributed by atoms with van der Waals surface area (Å²) in [7, 11) is 1.83. The van der Waals surface area contributed by atoms with Crippen LogP contribution in [0.4, 0.5) is 0 Å². The Kier molecular flexibility index (Phi) is 6.38. The molecule has 1 amide bonds. The number of rotatable bonds is 4. The lowest BCUT2D eigenvalue weighted by Crippen LogP contribution is -2.32. The maximum absolute atomic E-state index is 14.2. The van der Waals surface area contributed by atoms with Gasteiger partial charge in [0.2, 0.25) is 0 Å². The van der Waals surface area contributed by atoms with E-state index in [0.29, 0.717) is 33.4 Å². The lowest BCUT2D eigenvalue weighted by Gasteiger charge is -2.21. The van der Waals surface area contributed by atoms with Gasteiger partial charge in [-0.3, -0.25) is 28.8 Å². The Balaban J connectivity index is 1.47. The molecule has 0 bridgehead atoms. The number of aromatic nitrogens is 5. The molecule has 40 heavy (non-hydrogen) atoms. The van der Waals surface area contributed by atoms with Gasteiger partial charge in [0, 0.05) is 54.2 Å². The van der Waals surface area contributed by atoms with Gasteiger partial charge in [0.25, 0.3) is 11.5 Å². The first kappa shape index (κ1) is 24.8. The Morgan fingerprint density at radius 1 is 0.950 bits per heavy atom. The summed E-state index contributed by atoms with van der Waals surface area (Å²) in [5.41, 5.74) is 3.42. The molecule has 4 aromatic heterocycles.